The molecule has 0 aliphatic heterocycles. The minimum absolute atomic E-state index is 0.0262. The molecule has 0 amide bonds. The van der Waals surface area contributed by atoms with Crippen LogP contribution in [0.1, 0.15) is 12.8 Å². The molecule has 0 atom stereocenters. The molecule has 0 N–H and O–H groups in total. The van der Waals surface area contributed by atoms with E-state index in [4.69, 9.17) is 4.74 Å². The third-order valence-electron chi connectivity index (χ3n) is 2.17. The van der Waals surface area contributed by atoms with Gasteiger partial charge in [0, 0.05) is 6.07 Å². The Morgan fingerprint density at radius 2 is 1.88 bits per heavy atom. The van der Waals surface area contributed by atoms with Crippen LogP contribution in [0.4, 0.5) is 11.4 Å². The van der Waals surface area contributed by atoms with Crippen LogP contribution in [0.3, 0.4) is 0 Å². The molecule has 1 aromatic carbocycles. The fourth-order valence-corrected chi connectivity index (χ4v) is 1.30. The zero-order chi connectivity index (χ0) is 11.7. The lowest BCUT2D eigenvalue weighted by atomic mass is 10.2. The van der Waals surface area contributed by atoms with Crippen LogP contribution in [-0.2, 0) is 0 Å². The summed E-state index contributed by atoms with van der Waals surface area (Å²) in [5, 5.41) is 21.4. The van der Waals surface area contributed by atoms with E-state index in [1.54, 1.807) is 0 Å². The van der Waals surface area contributed by atoms with E-state index in [1.165, 1.54) is 12.1 Å². The van der Waals surface area contributed by atoms with Crippen molar-refractivity contribution in [1.82, 2.24) is 0 Å². The second-order valence-electron chi connectivity index (χ2n) is 3.46. The first-order valence-electron chi connectivity index (χ1n) is 4.68. The van der Waals surface area contributed by atoms with Gasteiger partial charge >= 0.3 is 11.4 Å². The van der Waals surface area contributed by atoms with Crippen molar-refractivity contribution in [3.63, 3.8) is 0 Å². The predicted molar refractivity (Wildman–Crippen MR) is 53.4 cm³/mol. The summed E-state index contributed by atoms with van der Waals surface area (Å²) in [4.78, 5) is 19.8. The quantitative estimate of drug-likeness (QED) is 0.576. The van der Waals surface area contributed by atoms with Crippen LogP contribution in [0, 0.1) is 20.2 Å². The summed E-state index contributed by atoms with van der Waals surface area (Å²) in [5.41, 5.74) is -1.11. The van der Waals surface area contributed by atoms with Crippen molar-refractivity contribution in [2.45, 2.75) is 18.9 Å². The molecular formula is C9H8N2O5. The van der Waals surface area contributed by atoms with Crippen LogP contribution in [0.25, 0.3) is 0 Å². The SMILES string of the molecule is O=[N+]([O-])c1cccc(OC2CC2)c1[N+](=O)[O-]. The van der Waals surface area contributed by atoms with E-state index < -0.39 is 21.2 Å². The summed E-state index contributed by atoms with van der Waals surface area (Å²) in [6.07, 6.45) is 1.63. The van der Waals surface area contributed by atoms with Gasteiger partial charge in [-0.15, -0.1) is 0 Å². The van der Waals surface area contributed by atoms with Crippen LogP contribution in [0.2, 0.25) is 0 Å². The first-order chi connectivity index (χ1) is 7.59. The Kier molecular flexibility index (Phi) is 2.43. The number of ether oxygens (including phenoxy) is 1. The molecule has 2 rings (SSSR count). The standard InChI is InChI=1S/C9H8N2O5/c12-10(13)7-2-1-3-8(9(7)11(14)15)16-6-4-5-6/h1-3,6H,4-5H2. The summed E-state index contributed by atoms with van der Waals surface area (Å²) < 4.78 is 5.26. The average Bonchev–Trinajstić information content (AvgIpc) is 3.00. The smallest absolute Gasteiger partial charge is 0.387 e. The maximum Gasteiger partial charge on any atom is 0.387 e. The lowest BCUT2D eigenvalue weighted by Gasteiger charge is -2.04. The van der Waals surface area contributed by atoms with E-state index in [-0.39, 0.29) is 11.9 Å². The summed E-state index contributed by atoms with van der Waals surface area (Å²) >= 11 is 0. The van der Waals surface area contributed by atoms with Crippen molar-refractivity contribution >= 4 is 11.4 Å². The van der Waals surface area contributed by atoms with Crippen LogP contribution in [0.5, 0.6) is 5.75 Å². The highest BCUT2D eigenvalue weighted by atomic mass is 16.6. The molecular weight excluding hydrogens is 216 g/mol. The molecule has 7 nitrogen and oxygen atoms in total. The molecule has 1 aliphatic carbocycles. The topological polar surface area (TPSA) is 95.5 Å². The number of para-hydroxylation sites is 1. The number of rotatable bonds is 4. The van der Waals surface area contributed by atoms with E-state index >= 15 is 0 Å². The summed E-state index contributed by atoms with van der Waals surface area (Å²) in [6, 6.07) is 3.85. The van der Waals surface area contributed by atoms with Crippen molar-refractivity contribution in [2.75, 3.05) is 0 Å². The van der Waals surface area contributed by atoms with Crippen LogP contribution in [0.15, 0.2) is 18.2 Å². The van der Waals surface area contributed by atoms with E-state index in [9.17, 15) is 20.2 Å². The molecule has 0 heterocycles. The van der Waals surface area contributed by atoms with Gasteiger partial charge in [-0.2, -0.15) is 0 Å². The van der Waals surface area contributed by atoms with E-state index in [0.29, 0.717) is 0 Å². The Labute approximate surface area is 89.9 Å². The molecule has 0 bridgehead atoms. The maximum atomic E-state index is 10.8. The monoisotopic (exact) mass is 224 g/mol. The average molecular weight is 224 g/mol. The summed E-state index contributed by atoms with van der Waals surface area (Å²) in [5.74, 6) is -0.0262. The fourth-order valence-electron chi connectivity index (χ4n) is 1.30. The lowest BCUT2D eigenvalue weighted by Crippen LogP contribution is -2.02. The molecule has 1 fully saturated rings. The number of nitrogens with zero attached hydrogens (tertiary/aromatic N) is 2. The largest absolute Gasteiger partial charge is 0.483 e. The van der Waals surface area contributed by atoms with Crippen molar-refractivity contribution in [1.29, 1.82) is 0 Å². The number of nitro groups is 2. The number of benzene rings is 1. The molecule has 0 spiro atoms. The highest BCUT2D eigenvalue weighted by Crippen LogP contribution is 2.39. The third-order valence-corrected chi connectivity index (χ3v) is 2.17. The zero-order valence-electron chi connectivity index (χ0n) is 8.16. The van der Waals surface area contributed by atoms with E-state index in [0.717, 1.165) is 18.9 Å². The molecule has 1 saturated carbocycles. The second kappa shape index (κ2) is 3.76. The number of hydrogen-bond donors (Lipinski definition) is 0. The number of hydrogen-bond acceptors (Lipinski definition) is 5. The van der Waals surface area contributed by atoms with Crippen molar-refractivity contribution in [2.24, 2.45) is 0 Å². The minimum atomic E-state index is -0.782. The molecule has 1 aromatic rings. The molecule has 0 saturated heterocycles. The van der Waals surface area contributed by atoms with Gasteiger partial charge in [-0.3, -0.25) is 20.2 Å². The Hall–Kier alpha value is -2.18. The van der Waals surface area contributed by atoms with E-state index in [1.807, 2.05) is 0 Å². The normalized spacial score (nSPS) is 14.5. The Bertz CT molecular complexity index is 455. The second-order valence-corrected chi connectivity index (χ2v) is 3.46. The molecule has 16 heavy (non-hydrogen) atoms. The molecule has 1 aliphatic rings. The van der Waals surface area contributed by atoms with Gasteiger partial charge in [0.1, 0.15) is 0 Å². The minimum Gasteiger partial charge on any atom is -0.483 e. The predicted octanol–water partition coefficient (Wildman–Crippen LogP) is 2.04. The Morgan fingerprint density at radius 1 is 1.19 bits per heavy atom. The first kappa shape index (κ1) is 10.3. The molecule has 0 aromatic heterocycles. The van der Waals surface area contributed by atoms with Gasteiger partial charge in [-0.25, -0.2) is 0 Å². The van der Waals surface area contributed by atoms with E-state index in [2.05, 4.69) is 0 Å². The van der Waals surface area contributed by atoms with Gasteiger partial charge in [-0.1, -0.05) is 6.07 Å². The van der Waals surface area contributed by atoms with Crippen LogP contribution < -0.4 is 4.74 Å². The molecule has 84 valence electrons. The zero-order valence-corrected chi connectivity index (χ0v) is 8.16. The third kappa shape index (κ3) is 1.92. The molecule has 0 unspecified atom stereocenters. The van der Waals surface area contributed by atoms with Gasteiger partial charge in [0.2, 0.25) is 5.75 Å². The van der Waals surface area contributed by atoms with Crippen LogP contribution >= 0.6 is 0 Å². The highest BCUT2D eigenvalue weighted by molar-refractivity contribution is 5.61. The van der Waals surface area contributed by atoms with Crippen molar-refractivity contribution in [3.05, 3.63) is 38.4 Å². The van der Waals surface area contributed by atoms with Gasteiger partial charge in [0.05, 0.1) is 16.0 Å². The van der Waals surface area contributed by atoms with Gasteiger partial charge < -0.3 is 4.74 Å². The summed E-state index contributed by atoms with van der Waals surface area (Å²) in [6.45, 7) is 0. The summed E-state index contributed by atoms with van der Waals surface area (Å²) in [7, 11) is 0. The maximum absolute atomic E-state index is 10.8. The lowest BCUT2D eigenvalue weighted by molar-refractivity contribution is -0.423. The Morgan fingerprint density at radius 3 is 2.38 bits per heavy atom. The Balaban J connectivity index is 2.45. The highest BCUT2D eigenvalue weighted by Gasteiger charge is 2.33. The van der Waals surface area contributed by atoms with Gasteiger partial charge in [0.25, 0.3) is 0 Å². The van der Waals surface area contributed by atoms with Gasteiger partial charge in [0.15, 0.2) is 0 Å². The number of nitro benzene ring substituents is 2. The fraction of sp³-hybridized carbons (Fsp3) is 0.333. The van der Waals surface area contributed by atoms with Gasteiger partial charge in [-0.05, 0) is 18.9 Å². The molecule has 0 radical (unpaired) electrons. The van der Waals surface area contributed by atoms with Crippen molar-refractivity contribution < 1.29 is 14.6 Å². The molecule has 7 heteroatoms. The first-order valence-corrected chi connectivity index (χ1v) is 4.68. The van der Waals surface area contributed by atoms with Crippen LogP contribution in [-0.4, -0.2) is 16.0 Å². The van der Waals surface area contributed by atoms with Crippen molar-refractivity contribution in [3.8, 4) is 5.75 Å².